The number of ether oxygens (including phenoxy) is 4. The molecule has 4 atom stereocenters. The Morgan fingerprint density at radius 2 is 1.38 bits per heavy atom. The smallest absolute Gasteiger partial charge is 0.288 e. The van der Waals surface area contributed by atoms with Gasteiger partial charge in [0, 0.05) is 50.3 Å². The molecule has 0 aliphatic carbocycles. The maximum Gasteiger partial charge on any atom is 0.288 e. The number of carbonyl (C=O) groups excluding carboxylic acids is 2. The van der Waals surface area contributed by atoms with Crippen molar-refractivity contribution < 1.29 is 46.1 Å². The van der Waals surface area contributed by atoms with Crippen LogP contribution in [0.5, 0.6) is 23.0 Å². The van der Waals surface area contributed by atoms with Crippen molar-refractivity contribution in [2.75, 3.05) is 76.2 Å². The number of methoxy groups -OCH3 is 2. The van der Waals surface area contributed by atoms with Gasteiger partial charge in [-0.05, 0) is 45.2 Å². The number of allylic oxidation sites excluding steroid dienone is 2. The van der Waals surface area contributed by atoms with Crippen LogP contribution >= 0.6 is 7.14 Å². The summed E-state index contributed by atoms with van der Waals surface area (Å²) >= 11 is 0. The Morgan fingerprint density at radius 1 is 0.830 bits per heavy atom. The molecule has 3 N–H and O–H groups in total. The van der Waals surface area contributed by atoms with E-state index < -0.39 is 34.6 Å². The Hall–Kier alpha value is -4.20. The summed E-state index contributed by atoms with van der Waals surface area (Å²) in [5.41, 5.74) is 3.70. The number of hydrogen-bond donors (Lipinski definition) is 3. The summed E-state index contributed by atoms with van der Waals surface area (Å²) in [5, 5.41) is 4.85. The van der Waals surface area contributed by atoms with Crippen molar-refractivity contribution in [2.45, 2.75) is 57.5 Å². The van der Waals surface area contributed by atoms with Gasteiger partial charge in [-0.15, -0.1) is 0 Å². The second-order valence-corrected chi connectivity index (χ2v) is 18.9. The molecule has 2 aromatic carbocycles. The molecule has 2 unspecified atom stereocenters. The molecule has 0 aromatic heterocycles. The number of amides is 2. The van der Waals surface area contributed by atoms with Gasteiger partial charge in [-0.3, -0.25) is 14.1 Å². The third kappa shape index (κ3) is 7.88. The summed E-state index contributed by atoms with van der Waals surface area (Å²) in [6.45, 7) is 7.47. The van der Waals surface area contributed by atoms with Crippen LogP contribution < -0.4 is 29.6 Å². The van der Waals surface area contributed by atoms with Crippen LogP contribution in [-0.4, -0.2) is 118 Å². The third-order valence-electron chi connectivity index (χ3n) is 10.6. The quantitative estimate of drug-likeness (QED) is 0.136. The minimum atomic E-state index is -4.60. The van der Waals surface area contributed by atoms with Gasteiger partial charge in [0.25, 0.3) is 21.9 Å². The summed E-state index contributed by atoms with van der Waals surface area (Å²) in [6, 6.07) is 5.73. The van der Waals surface area contributed by atoms with Crippen LogP contribution in [0.2, 0.25) is 0 Å². The standard InChI is InChI=1S/C37H49N4O10PS/c1-6-11-52(44,12-9-50-33-18-28-26(16-31(33)48-4)36(42)40-21-23(7-2)14-25(40)20-38-28)13-10-51-34-19-29-27(17-32(34)49-5)37(43)41-22-24(8-3)15-30(41)35(39-29)53(45,46)47/h7-8,16-19,25,30,35,38-39H,6,9-15,20-22H2,1-5H3,(H,45,46,47)/b23-7+,24-8+/t25-,30-,35?,52?/m0/s1. The molecule has 16 heteroatoms. The summed E-state index contributed by atoms with van der Waals surface area (Å²) in [7, 11) is -4.45. The molecule has 2 amide bonds. The fourth-order valence-electron chi connectivity index (χ4n) is 7.67. The maximum absolute atomic E-state index is 14.2. The topological polar surface area (TPSA) is 173 Å². The monoisotopic (exact) mass is 772 g/mol. The SMILES string of the molecule is C/C=C1\C[C@H]2CNc3cc(OCCP(=O)(CCC)CCOc4cc5c(cc4OC)C(=O)N4C/C(=C/C)C[C@H]4C(S(=O)(=O)O)N5)c(OC)cc3C(=O)N2C1. The highest BCUT2D eigenvalue weighted by Crippen LogP contribution is 2.47. The molecule has 53 heavy (non-hydrogen) atoms. The lowest BCUT2D eigenvalue weighted by Gasteiger charge is -2.26. The Morgan fingerprint density at radius 3 is 1.94 bits per heavy atom. The molecular formula is C37H49N4O10PS. The minimum absolute atomic E-state index is 0.0563. The molecule has 4 heterocycles. The van der Waals surface area contributed by atoms with Crippen LogP contribution in [0.3, 0.4) is 0 Å². The summed E-state index contributed by atoms with van der Waals surface area (Å²) < 4.78 is 72.8. The minimum Gasteiger partial charge on any atom is -0.493 e. The first-order valence-electron chi connectivity index (χ1n) is 18.0. The van der Waals surface area contributed by atoms with Crippen molar-refractivity contribution >= 4 is 40.4 Å². The first kappa shape index (κ1) is 38.5. The van der Waals surface area contributed by atoms with E-state index >= 15 is 0 Å². The number of nitrogens with one attached hydrogen (secondary N) is 2. The lowest BCUT2D eigenvalue weighted by molar-refractivity contribution is 0.0740. The van der Waals surface area contributed by atoms with Gasteiger partial charge in [-0.2, -0.15) is 8.42 Å². The Labute approximate surface area is 311 Å². The van der Waals surface area contributed by atoms with Crippen LogP contribution in [0.1, 0.15) is 60.7 Å². The number of benzene rings is 2. The van der Waals surface area contributed by atoms with E-state index in [-0.39, 0.29) is 66.8 Å². The Kier molecular flexibility index (Phi) is 11.4. The van der Waals surface area contributed by atoms with Gasteiger partial charge in [-0.1, -0.05) is 30.2 Å². The first-order chi connectivity index (χ1) is 25.3. The van der Waals surface area contributed by atoms with E-state index in [0.29, 0.717) is 54.8 Å². The molecule has 0 bridgehead atoms. The van der Waals surface area contributed by atoms with Gasteiger partial charge in [-0.25, -0.2) is 0 Å². The molecule has 0 saturated carbocycles. The zero-order valence-electron chi connectivity index (χ0n) is 30.8. The second kappa shape index (κ2) is 15.6. The van der Waals surface area contributed by atoms with Crippen LogP contribution in [0.25, 0.3) is 0 Å². The van der Waals surface area contributed by atoms with Crippen molar-refractivity contribution in [3.63, 3.8) is 0 Å². The number of carbonyl (C=O) groups is 2. The first-order valence-corrected chi connectivity index (χ1v) is 21.7. The molecule has 288 valence electrons. The molecule has 6 rings (SSSR count). The highest BCUT2D eigenvalue weighted by molar-refractivity contribution is 7.86. The Balaban J connectivity index is 1.14. The van der Waals surface area contributed by atoms with Gasteiger partial charge >= 0.3 is 0 Å². The molecule has 4 aliphatic heterocycles. The van der Waals surface area contributed by atoms with E-state index in [1.165, 1.54) is 36.8 Å². The predicted octanol–water partition coefficient (Wildman–Crippen LogP) is 5.32. The van der Waals surface area contributed by atoms with Crippen molar-refractivity contribution in [2.24, 2.45) is 0 Å². The highest BCUT2D eigenvalue weighted by atomic mass is 32.2. The normalized spacial score (nSPS) is 23.5. The fraction of sp³-hybridized carbons (Fsp3) is 0.514. The zero-order valence-corrected chi connectivity index (χ0v) is 32.6. The molecule has 0 radical (unpaired) electrons. The number of rotatable bonds is 13. The highest BCUT2D eigenvalue weighted by Gasteiger charge is 2.46. The number of fused-ring (bicyclic) bond motifs is 4. The molecule has 2 aromatic rings. The lowest BCUT2D eigenvalue weighted by Crippen LogP contribution is -2.47. The van der Waals surface area contributed by atoms with Gasteiger partial charge in [0.1, 0.15) is 0 Å². The molecule has 0 spiro atoms. The van der Waals surface area contributed by atoms with E-state index in [0.717, 1.165) is 12.0 Å². The molecular weight excluding hydrogens is 723 g/mol. The van der Waals surface area contributed by atoms with E-state index in [4.69, 9.17) is 18.9 Å². The van der Waals surface area contributed by atoms with E-state index in [1.807, 2.05) is 31.7 Å². The fourth-order valence-corrected chi connectivity index (χ4v) is 10.9. The zero-order chi connectivity index (χ0) is 38.1. The van der Waals surface area contributed by atoms with Crippen LogP contribution in [-0.2, 0) is 14.7 Å². The van der Waals surface area contributed by atoms with Crippen molar-refractivity contribution in [1.29, 1.82) is 0 Å². The number of hydrogen-bond acceptors (Lipinski definition) is 11. The second-order valence-electron chi connectivity index (χ2n) is 13.9. The largest absolute Gasteiger partial charge is 0.493 e. The number of nitrogens with zero attached hydrogens (tertiary/aromatic N) is 2. The average Bonchev–Trinajstić information content (AvgIpc) is 3.71. The Bertz CT molecular complexity index is 1980. The van der Waals surface area contributed by atoms with E-state index in [2.05, 4.69) is 16.7 Å². The summed E-state index contributed by atoms with van der Waals surface area (Å²) in [4.78, 5) is 30.5. The van der Waals surface area contributed by atoms with E-state index in [9.17, 15) is 27.1 Å². The maximum atomic E-state index is 14.2. The number of anilines is 2. The van der Waals surface area contributed by atoms with Crippen LogP contribution in [0.15, 0.2) is 47.6 Å². The van der Waals surface area contributed by atoms with E-state index in [1.54, 1.807) is 12.1 Å². The van der Waals surface area contributed by atoms with Crippen molar-refractivity contribution in [3.05, 3.63) is 58.7 Å². The predicted molar refractivity (Wildman–Crippen MR) is 203 cm³/mol. The van der Waals surface area contributed by atoms with Crippen LogP contribution in [0, 0.1) is 0 Å². The molecule has 4 aliphatic rings. The average molecular weight is 773 g/mol. The van der Waals surface area contributed by atoms with Crippen LogP contribution in [0.4, 0.5) is 11.4 Å². The van der Waals surface area contributed by atoms with Gasteiger partial charge < -0.3 is 43.9 Å². The molecule has 14 nitrogen and oxygen atoms in total. The summed E-state index contributed by atoms with van der Waals surface area (Å²) in [5.74, 6) is 0.899. The van der Waals surface area contributed by atoms with Gasteiger partial charge in [0.15, 0.2) is 28.4 Å². The molecule has 2 fully saturated rings. The van der Waals surface area contributed by atoms with Gasteiger partial charge in [0.2, 0.25) is 0 Å². The lowest BCUT2D eigenvalue weighted by atomic mass is 10.1. The molecule has 2 saturated heterocycles. The van der Waals surface area contributed by atoms with Gasteiger partial charge in [0.05, 0.1) is 69.2 Å². The summed E-state index contributed by atoms with van der Waals surface area (Å²) in [6.07, 6.45) is 6.73. The third-order valence-corrected chi connectivity index (χ3v) is 14.9. The van der Waals surface area contributed by atoms with Crippen molar-refractivity contribution in [3.8, 4) is 23.0 Å². The van der Waals surface area contributed by atoms with Crippen molar-refractivity contribution in [1.82, 2.24) is 9.80 Å².